The molecule has 0 aliphatic carbocycles. The lowest BCUT2D eigenvalue weighted by Crippen LogP contribution is -2.35. The van der Waals surface area contributed by atoms with Gasteiger partial charge in [0.05, 0.1) is 10.9 Å². The van der Waals surface area contributed by atoms with Crippen LogP contribution < -0.4 is 5.32 Å². The molecule has 0 aliphatic heterocycles. The van der Waals surface area contributed by atoms with Crippen molar-refractivity contribution in [2.75, 3.05) is 20.1 Å². The Bertz CT molecular complexity index is 340. The highest BCUT2D eigenvalue weighted by Crippen LogP contribution is 2.22. The van der Waals surface area contributed by atoms with E-state index >= 15 is 0 Å². The zero-order valence-corrected chi connectivity index (χ0v) is 11.2. The molecule has 0 fully saturated rings. The first-order valence-corrected chi connectivity index (χ1v) is 6.52. The van der Waals surface area contributed by atoms with E-state index < -0.39 is 0 Å². The number of amides is 1. The fourth-order valence-corrected chi connectivity index (χ4v) is 2.60. The summed E-state index contributed by atoms with van der Waals surface area (Å²) in [7, 11) is 1.66. The molecule has 0 bridgehead atoms. The quantitative estimate of drug-likeness (QED) is 0.852. The molecule has 1 amide bonds. The number of carbonyl (C=O) groups excluding carboxylic acids is 1. The van der Waals surface area contributed by atoms with Crippen molar-refractivity contribution in [1.29, 1.82) is 0 Å². The number of hydrogen-bond acceptors (Lipinski definition) is 3. The summed E-state index contributed by atoms with van der Waals surface area (Å²) in [6.07, 6.45) is 1.04. The Balaban J connectivity index is 2.53. The third-order valence-corrected chi connectivity index (χ3v) is 3.41. The lowest BCUT2D eigenvalue weighted by molar-refractivity contribution is -0.121. The van der Waals surface area contributed by atoms with Crippen LogP contribution in [0.25, 0.3) is 0 Å². The summed E-state index contributed by atoms with van der Waals surface area (Å²) in [5, 5.41) is 2.64. The van der Waals surface area contributed by atoms with Crippen molar-refractivity contribution in [3.05, 3.63) is 21.3 Å². The molecule has 0 atom stereocenters. The van der Waals surface area contributed by atoms with Crippen LogP contribution in [-0.4, -0.2) is 30.9 Å². The average Bonchev–Trinajstić information content (AvgIpc) is 2.64. The summed E-state index contributed by atoms with van der Waals surface area (Å²) in [5.41, 5.74) is 0. The highest BCUT2D eigenvalue weighted by atomic mass is 35.5. The zero-order chi connectivity index (χ0) is 12.0. The average molecular weight is 261 g/mol. The molecule has 90 valence electrons. The van der Waals surface area contributed by atoms with Gasteiger partial charge in [-0.05, 0) is 25.1 Å². The highest BCUT2D eigenvalue weighted by Gasteiger charge is 2.10. The largest absolute Gasteiger partial charge is 0.358 e. The molecule has 0 saturated carbocycles. The Kier molecular flexibility index (Phi) is 5.80. The van der Waals surface area contributed by atoms with Gasteiger partial charge in [-0.15, -0.1) is 11.3 Å². The molecule has 3 nitrogen and oxygen atoms in total. The van der Waals surface area contributed by atoms with E-state index in [1.165, 1.54) is 4.88 Å². The van der Waals surface area contributed by atoms with Crippen LogP contribution in [0.3, 0.4) is 0 Å². The predicted molar refractivity (Wildman–Crippen MR) is 69.0 cm³/mol. The van der Waals surface area contributed by atoms with Crippen LogP contribution in [0.15, 0.2) is 12.1 Å². The Morgan fingerprint density at radius 3 is 2.81 bits per heavy atom. The van der Waals surface area contributed by atoms with Crippen LogP contribution in [0.4, 0.5) is 0 Å². The van der Waals surface area contributed by atoms with Crippen molar-refractivity contribution in [3.8, 4) is 0 Å². The van der Waals surface area contributed by atoms with Gasteiger partial charge in [0.15, 0.2) is 0 Å². The van der Waals surface area contributed by atoms with Gasteiger partial charge in [0.2, 0.25) is 5.91 Å². The minimum atomic E-state index is 0.0519. The maximum atomic E-state index is 11.3. The number of thiophene rings is 1. The molecule has 0 aromatic carbocycles. The van der Waals surface area contributed by atoms with Crippen LogP contribution in [0.1, 0.15) is 18.2 Å². The van der Waals surface area contributed by atoms with E-state index in [0.29, 0.717) is 6.54 Å². The highest BCUT2D eigenvalue weighted by molar-refractivity contribution is 7.16. The number of nitrogens with zero attached hydrogens (tertiary/aromatic N) is 1. The minimum absolute atomic E-state index is 0.0519. The smallest absolute Gasteiger partial charge is 0.233 e. The van der Waals surface area contributed by atoms with E-state index in [0.717, 1.165) is 23.8 Å². The van der Waals surface area contributed by atoms with Gasteiger partial charge in [0.1, 0.15) is 0 Å². The van der Waals surface area contributed by atoms with E-state index in [1.807, 2.05) is 12.1 Å². The summed E-state index contributed by atoms with van der Waals surface area (Å²) >= 11 is 7.44. The fourth-order valence-electron chi connectivity index (χ4n) is 1.47. The maximum Gasteiger partial charge on any atom is 0.233 e. The predicted octanol–water partition coefficient (Wildman–Crippen LogP) is 2.36. The SMILES string of the molecule is CCCN(CC(=O)NC)Cc1ccc(Cl)s1. The van der Waals surface area contributed by atoms with Crippen LogP contribution >= 0.6 is 22.9 Å². The molecule has 0 aliphatic rings. The van der Waals surface area contributed by atoms with Gasteiger partial charge in [-0.3, -0.25) is 9.69 Å². The van der Waals surface area contributed by atoms with Gasteiger partial charge in [0, 0.05) is 18.5 Å². The monoisotopic (exact) mass is 260 g/mol. The second-order valence-corrected chi connectivity index (χ2v) is 5.39. The second kappa shape index (κ2) is 6.89. The van der Waals surface area contributed by atoms with Crippen molar-refractivity contribution >= 4 is 28.8 Å². The van der Waals surface area contributed by atoms with Crippen molar-refractivity contribution < 1.29 is 4.79 Å². The first-order chi connectivity index (χ1) is 7.65. The molecule has 1 aromatic rings. The van der Waals surface area contributed by atoms with E-state index in [-0.39, 0.29) is 5.91 Å². The molecule has 0 saturated heterocycles. The molecule has 0 radical (unpaired) electrons. The Morgan fingerprint density at radius 2 is 2.31 bits per heavy atom. The van der Waals surface area contributed by atoms with Gasteiger partial charge in [-0.1, -0.05) is 18.5 Å². The minimum Gasteiger partial charge on any atom is -0.358 e. The fraction of sp³-hybridized carbons (Fsp3) is 0.545. The zero-order valence-electron chi connectivity index (χ0n) is 9.62. The molecule has 1 aromatic heterocycles. The number of carbonyl (C=O) groups is 1. The van der Waals surface area contributed by atoms with Gasteiger partial charge in [-0.2, -0.15) is 0 Å². The first-order valence-electron chi connectivity index (χ1n) is 5.32. The van der Waals surface area contributed by atoms with Crippen molar-refractivity contribution in [2.45, 2.75) is 19.9 Å². The van der Waals surface area contributed by atoms with E-state index in [1.54, 1.807) is 18.4 Å². The molecule has 1 heterocycles. The molecule has 5 heteroatoms. The number of likely N-dealkylation sites (N-methyl/N-ethyl adjacent to an activating group) is 1. The lowest BCUT2D eigenvalue weighted by atomic mass is 10.3. The Hall–Kier alpha value is -0.580. The third-order valence-electron chi connectivity index (χ3n) is 2.19. The van der Waals surface area contributed by atoms with Gasteiger partial charge in [0.25, 0.3) is 0 Å². The van der Waals surface area contributed by atoms with E-state index in [2.05, 4.69) is 17.1 Å². The van der Waals surface area contributed by atoms with E-state index in [9.17, 15) is 4.79 Å². The Morgan fingerprint density at radius 1 is 1.56 bits per heavy atom. The van der Waals surface area contributed by atoms with Gasteiger partial charge < -0.3 is 5.32 Å². The summed E-state index contributed by atoms with van der Waals surface area (Å²) in [5.74, 6) is 0.0519. The van der Waals surface area contributed by atoms with Gasteiger partial charge in [-0.25, -0.2) is 0 Å². The topological polar surface area (TPSA) is 32.3 Å². The molecular formula is C11H17ClN2OS. The van der Waals surface area contributed by atoms with Crippen molar-refractivity contribution in [3.63, 3.8) is 0 Å². The molecule has 1 rings (SSSR count). The summed E-state index contributed by atoms with van der Waals surface area (Å²) < 4.78 is 0.798. The van der Waals surface area contributed by atoms with Crippen LogP contribution in [0.2, 0.25) is 4.34 Å². The number of hydrogen-bond donors (Lipinski definition) is 1. The summed E-state index contributed by atoms with van der Waals surface area (Å²) in [4.78, 5) is 14.6. The summed E-state index contributed by atoms with van der Waals surface area (Å²) in [6, 6.07) is 3.91. The van der Waals surface area contributed by atoms with Crippen molar-refractivity contribution in [2.24, 2.45) is 0 Å². The lowest BCUT2D eigenvalue weighted by Gasteiger charge is -2.19. The maximum absolute atomic E-state index is 11.3. The molecular weight excluding hydrogens is 244 g/mol. The number of halogens is 1. The van der Waals surface area contributed by atoms with Crippen LogP contribution in [0, 0.1) is 0 Å². The third kappa shape index (κ3) is 4.51. The molecule has 0 spiro atoms. The normalized spacial score (nSPS) is 10.8. The molecule has 16 heavy (non-hydrogen) atoms. The molecule has 1 N–H and O–H groups in total. The molecule has 0 unspecified atom stereocenters. The summed E-state index contributed by atoms with van der Waals surface area (Å²) in [6.45, 7) is 4.26. The van der Waals surface area contributed by atoms with E-state index in [4.69, 9.17) is 11.6 Å². The van der Waals surface area contributed by atoms with Crippen molar-refractivity contribution in [1.82, 2.24) is 10.2 Å². The second-order valence-electron chi connectivity index (χ2n) is 3.59. The standard InChI is InChI=1S/C11H17ClN2OS/c1-3-6-14(8-11(15)13-2)7-9-4-5-10(12)16-9/h4-5H,3,6-8H2,1-2H3,(H,13,15). The van der Waals surface area contributed by atoms with Crippen LogP contribution in [0.5, 0.6) is 0 Å². The van der Waals surface area contributed by atoms with Gasteiger partial charge >= 0.3 is 0 Å². The first kappa shape index (κ1) is 13.5. The number of rotatable bonds is 6. The number of nitrogens with one attached hydrogen (secondary N) is 1. The Labute approximate surface area is 105 Å². The van der Waals surface area contributed by atoms with Crippen LogP contribution in [-0.2, 0) is 11.3 Å².